The van der Waals surface area contributed by atoms with E-state index in [0.717, 1.165) is 25.9 Å². The molecule has 2 fully saturated rings. The summed E-state index contributed by atoms with van der Waals surface area (Å²) in [6, 6.07) is 0.495. The predicted octanol–water partition coefficient (Wildman–Crippen LogP) is 0.585. The second-order valence-electron chi connectivity index (χ2n) is 5.90. The maximum absolute atomic E-state index is 12.3. The molecule has 2 heterocycles. The van der Waals surface area contributed by atoms with E-state index in [4.69, 9.17) is 5.73 Å². The molecular formula is C14H25N3O2. The Balaban J connectivity index is 1.86. The fourth-order valence-electron chi connectivity index (χ4n) is 3.10. The number of amides is 2. The third kappa shape index (κ3) is 3.69. The first-order valence-corrected chi connectivity index (χ1v) is 7.39. The molecule has 0 aromatic rings. The van der Waals surface area contributed by atoms with Crippen LogP contribution in [-0.4, -0.2) is 53.8 Å². The molecule has 2 amide bonds. The lowest BCUT2D eigenvalue weighted by Crippen LogP contribution is -2.49. The number of rotatable bonds is 3. The molecule has 108 valence electrons. The van der Waals surface area contributed by atoms with Crippen LogP contribution in [-0.2, 0) is 9.59 Å². The first-order valence-electron chi connectivity index (χ1n) is 7.39. The molecule has 2 rings (SSSR count). The van der Waals surface area contributed by atoms with Gasteiger partial charge in [0.25, 0.3) is 0 Å². The van der Waals surface area contributed by atoms with Crippen molar-refractivity contribution in [3.05, 3.63) is 0 Å². The van der Waals surface area contributed by atoms with E-state index in [1.54, 1.807) is 0 Å². The van der Waals surface area contributed by atoms with Crippen molar-refractivity contribution in [2.75, 3.05) is 26.2 Å². The lowest BCUT2D eigenvalue weighted by molar-refractivity contribution is -0.136. The lowest BCUT2D eigenvalue weighted by atomic mass is 9.97. The van der Waals surface area contributed by atoms with Crippen LogP contribution in [0, 0.1) is 5.92 Å². The topological polar surface area (TPSA) is 66.6 Å². The zero-order valence-electron chi connectivity index (χ0n) is 11.8. The Hall–Kier alpha value is -1.10. The molecular weight excluding hydrogens is 242 g/mol. The van der Waals surface area contributed by atoms with Gasteiger partial charge in [0.15, 0.2) is 0 Å². The molecule has 0 aliphatic carbocycles. The highest BCUT2D eigenvalue weighted by Crippen LogP contribution is 2.19. The smallest absolute Gasteiger partial charge is 0.236 e. The average Bonchev–Trinajstić information content (AvgIpc) is 2.41. The van der Waals surface area contributed by atoms with Crippen molar-refractivity contribution in [3.8, 4) is 0 Å². The summed E-state index contributed by atoms with van der Waals surface area (Å²) in [5.74, 6) is -0.278. The van der Waals surface area contributed by atoms with Gasteiger partial charge in [-0.2, -0.15) is 0 Å². The minimum atomic E-state index is -0.274. The normalized spacial score (nSPS) is 29.2. The third-order valence-electron chi connectivity index (χ3n) is 4.46. The number of primary amides is 1. The van der Waals surface area contributed by atoms with Gasteiger partial charge in [-0.05, 0) is 39.2 Å². The number of hydrogen-bond acceptors (Lipinski definition) is 3. The third-order valence-corrected chi connectivity index (χ3v) is 4.46. The number of nitrogens with zero attached hydrogens (tertiary/aromatic N) is 2. The quantitative estimate of drug-likeness (QED) is 0.813. The summed E-state index contributed by atoms with van der Waals surface area (Å²) >= 11 is 0. The summed E-state index contributed by atoms with van der Waals surface area (Å²) in [5, 5.41) is 0. The van der Waals surface area contributed by atoms with Gasteiger partial charge in [0.2, 0.25) is 11.8 Å². The number of carbonyl (C=O) groups is 2. The van der Waals surface area contributed by atoms with E-state index in [1.807, 2.05) is 4.90 Å². The molecule has 2 atom stereocenters. The van der Waals surface area contributed by atoms with Crippen LogP contribution in [0.3, 0.4) is 0 Å². The van der Waals surface area contributed by atoms with Crippen molar-refractivity contribution in [3.63, 3.8) is 0 Å². The molecule has 2 aliphatic heterocycles. The van der Waals surface area contributed by atoms with Crippen LogP contribution in [0.2, 0.25) is 0 Å². The minimum absolute atomic E-state index is 0.153. The highest BCUT2D eigenvalue weighted by molar-refractivity contribution is 5.81. The van der Waals surface area contributed by atoms with Crippen LogP contribution in [0.4, 0.5) is 0 Å². The van der Waals surface area contributed by atoms with Crippen LogP contribution in [0.25, 0.3) is 0 Å². The van der Waals surface area contributed by atoms with E-state index >= 15 is 0 Å². The van der Waals surface area contributed by atoms with Gasteiger partial charge in [0, 0.05) is 19.1 Å². The van der Waals surface area contributed by atoms with Crippen molar-refractivity contribution >= 4 is 11.8 Å². The number of carbonyl (C=O) groups excluding carboxylic acids is 2. The summed E-state index contributed by atoms with van der Waals surface area (Å²) in [7, 11) is 0. The van der Waals surface area contributed by atoms with Gasteiger partial charge in [-0.3, -0.25) is 14.5 Å². The summed E-state index contributed by atoms with van der Waals surface area (Å²) in [6.45, 7) is 4.97. The Morgan fingerprint density at radius 2 is 1.95 bits per heavy atom. The molecule has 0 aromatic heterocycles. The summed E-state index contributed by atoms with van der Waals surface area (Å²) in [6.07, 6.45) is 5.33. The standard InChI is InChI=1S/C14H25N3O2/c1-11-5-2-3-7-16(11)10-13(18)17-8-4-6-12(9-17)14(15)19/h11-12H,2-10H2,1H3,(H2,15,19). The van der Waals surface area contributed by atoms with Crippen LogP contribution >= 0.6 is 0 Å². The Bertz CT molecular complexity index is 346. The first-order chi connectivity index (χ1) is 9.08. The van der Waals surface area contributed by atoms with Crippen LogP contribution in [0.5, 0.6) is 0 Å². The predicted molar refractivity (Wildman–Crippen MR) is 73.4 cm³/mol. The molecule has 2 saturated heterocycles. The number of likely N-dealkylation sites (tertiary alicyclic amines) is 2. The Labute approximate surface area is 115 Å². The number of nitrogens with two attached hydrogens (primary N) is 1. The van der Waals surface area contributed by atoms with Gasteiger partial charge in [0.05, 0.1) is 12.5 Å². The average molecular weight is 267 g/mol. The fourth-order valence-corrected chi connectivity index (χ4v) is 3.10. The molecule has 19 heavy (non-hydrogen) atoms. The van der Waals surface area contributed by atoms with Crippen LogP contribution in [0.15, 0.2) is 0 Å². The largest absolute Gasteiger partial charge is 0.369 e. The van der Waals surface area contributed by atoms with E-state index < -0.39 is 0 Å². The maximum atomic E-state index is 12.3. The second kappa shape index (κ2) is 6.37. The van der Waals surface area contributed by atoms with Crippen molar-refractivity contribution in [2.24, 2.45) is 11.7 Å². The Morgan fingerprint density at radius 1 is 1.16 bits per heavy atom. The van der Waals surface area contributed by atoms with Gasteiger partial charge in [-0.25, -0.2) is 0 Å². The molecule has 5 heteroatoms. The number of piperidine rings is 2. The summed E-state index contributed by atoms with van der Waals surface area (Å²) in [4.78, 5) is 27.6. The van der Waals surface area contributed by atoms with E-state index in [9.17, 15) is 9.59 Å². The Morgan fingerprint density at radius 3 is 2.63 bits per heavy atom. The molecule has 0 saturated carbocycles. The molecule has 5 nitrogen and oxygen atoms in total. The van der Waals surface area contributed by atoms with Gasteiger partial charge in [-0.1, -0.05) is 6.42 Å². The fraction of sp³-hybridized carbons (Fsp3) is 0.857. The van der Waals surface area contributed by atoms with Gasteiger partial charge in [-0.15, -0.1) is 0 Å². The molecule has 0 radical (unpaired) electrons. The number of hydrogen-bond donors (Lipinski definition) is 1. The van der Waals surface area contributed by atoms with E-state index in [2.05, 4.69) is 11.8 Å². The molecule has 0 aromatic carbocycles. The zero-order chi connectivity index (χ0) is 13.8. The second-order valence-corrected chi connectivity index (χ2v) is 5.90. The minimum Gasteiger partial charge on any atom is -0.369 e. The van der Waals surface area contributed by atoms with Crippen molar-refractivity contribution < 1.29 is 9.59 Å². The highest BCUT2D eigenvalue weighted by Gasteiger charge is 2.29. The Kier molecular flexibility index (Phi) is 4.80. The van der Waals surface area contributed by atoms with Crippen molar-refractivity contribution in [2.45, 2.75) is 45.1 Å². The van der Waals surface area contributed by atoms with E-state index in [-0.39, 0.29) is 17.7 Å². The molecule has 2 N–H and O–H groups in total. The molecule has 2 aliphatic rings. The SMILES string of the molecule is CC1CCCCN1CC(=O)N1CCCC(C(N)=O)C1. The van der Waals surface area contributed by atoms with Crippen LogP contribution in [0.1, 0.15) is 39.0 Å². The van der Waals surface area contributed by atoms with Gasteiger partial charge < -0.3 is 10.6 Å². The molecule has 0 spiro atoms. The monoisotopic (exact) mass is 267 g/mol. The maximum Gasteiger partial charge on any atom is 0.236 e. The van der Waals surface area contributed by atoms with E-state index in [1.165, 1.54) is 19.3 Å². The van der Waals surface area contributed by atoms with Crippen LogP contribution < -0.4 is 5.73 Å². The lowest BCUT2D eigenvalue weighted by Gasteiger charge is -2.36. The van der Waals surface area contributed by atoms with Crippen molar-refractivity contribution in [1.29, 1.82) is 0 Å². The summed E-state index contributed by atoms with van der Waals surface area (Å²) in [5.41, 5.74) is 5.35. The first kappa shape index (κ1) is 14.3. The van der Waals surface area contributed by atoms with Gasteiger partial charge >= 0.3 is 0 Å². The summed E-state index contributed by atoms with van der Waals surface area (Å²) < 4.78 is 0. The molecule has 0 bridgehead atoms. The zero-order valence-corrected chi connectivity index (χ0v) is 11.8. The molecule has 2 unspecified atom stereocenters. The highest BCUT2D eigenvalue weighted by atomic mass is 16.2. The van der Waals surface area contributed by atoms with Gasteiger partial charge in [0.1, 0.15) is 0 Å². The van der Waals surface area contributed by atoms with E-state index in [0.29, 0.717) is 19.1 Å². The van der Waals surface area contributed by atoms with Crippen molar-refractivity contribution in [1.82, 2.24) is 9.80 Å².